The first-order valence-electron chi connectivity index (χ1n) is 28.8. The molecule has 86 heavy (non-hydrogen) atoms. The van der Waals surface area contributed by atoms with Crippen molar-refractivity contribution in [2.45, 2.75) is 164 Å². The van der Waals surface area contributed by atoms with Crippen LogP contribution in [0.1, 0.15) is 172 Å². The summed E-state index contributed by atoms with van der Waals surface area (Å²) in [7, 11) is 4.21. The number of nitrogens with two attached hydrogens (primary N) is 4. The molecule has 4 aromatic rings. The summed E-state index contributed by atoms with van der Waals surface area (Å²) in [4.78, 5) is 110. The molecule has 6 amide bonds. The summed E-state index contributed by atoms with van der Waals surface area (Å²) in [5, 5.41) is 26.8. The minimum atomic E-state index is -0.820. The standard InChI is InChI=1S/C29H34N14O5.C10H15NO3S.C6H14N2O.C5H12.C3H8.2C2H6.CH4O/c1-48-22-9-15(4-7-21(22)35-11-18-12-36-26-23(38-18)25(31)40-29(32)41-26)27(46)39-17(13-44)3-2-8-34-28(47)19-6-5-16(37-14-45)10-20(19)24(30)42-43-33;12-6-4-2-1-3-5-11-9(13)7-8(15)10(11)14;1-5(2)8-6(9)4-7-3;1-3-5-4-2;1-3-2;3*1-2/h4-7,9-10,12-14,17,35,43H,2-3,8,11,33H2,1H3,(H2,30,42)(H,34,47)(H,37,45)(H,39,46)(H4,31,32,36,40,41);6,8,15H,1-5,7H2;5,7H,4H2,1-3H3,(H,8,9);3-5H2,1-2H3;3H2,1-2H3;2*1-2H3;2H,1H3. The van der Waals surface area contributed by atoms with Crippen LogP contribution in [0.3, 0.4) is 0 Å². The maximum Gasteiger partial charge on any atom is 0.252 e. The number of imide groups is 1. The summed E-state index contributed by atoms with van der Waals surface area (Å²) in [6.07, 6.45) is 12.7. The number of fused-ring (bicyclic) bond motifs is 1. The molecule has 1 aliphatic rings. The Morgan fingerprint density at radius 1 is 0.884 bits per heavy atom. The highest BCUT2D eigenvalue weighted by molar-refractivity contribution is 7.81. The van der Waals surface area contributed by atoms with E-state index in [4.69, 9.17) is 32.9 Å². The zero-order chi connectivity index (χ0) is 66.0. The highest BCUT2D eigenvalue weighted by Crippen LogP contribution is 2.27. The molecule has 2 aromatic heterocycles. The number of amidine groups is 1. The summed E-state index contributed by atoms with van der Waals surface area (Å²) in [6.45, 7) is 21.8. The van der Waals surface area contributed by atoms with Crippen molar-refractivity contribution in [3.63, 3.8) is 0 Å². The molecule has 16 N–H and O–H groups in total. The Bertz CT molecular complexity index is 2630. The van der Waals surface area contributed by atoms with Crippen molar-refractivity contribution in [1.29, 1.82) is 0 Å². The van der Waals surface area contributed by atoms with Crippen molar-refractivity contribution >= 4 is 101 Å². The predicted molar refractivity (Wildman–Crippen MR) is 345 cm³/mol. The molecule has 1 aliphatic heterocycles. The van der Waals surface area contributed by atoms with Crippen LogP contribution in [0.25, 0.3) is 11.2 Å². The van der Waals surface area contributed by atoms with Crippen LogP contribution in [0.2, 0.25) is 0 Å². The van der Waals surface area contributed by atoms with E-state index in [2.05, 4.69) is 103 Å². The minimum absolute atomic E-state index is 0.000265. The van der Waals surface area contributed by atoms with Gasteiger partial charge in [0.15, 0.2) is 22.8 Å². The highest BCUT2D eigenvalue weighted by Gasteiger charge is 2.35. The second kappa shape index (κ2) is 51.3. The third-order valence-corrected chi connectivity index (χ3v) is 11.2. The van der Waals surface area contributed by atoms with E-state index in [1.54, 1.807) is 19.2 Å². The number of thiol groups is 1. The van der Waals surface area contributed by atoms with E-state index in [0.29, 0.717) is 67.0 Å². The van der Waals surface area contributed by atoms with Crippen LogP contribution in [0, 0.1) is 0 Å². The predicted octanol–water partition coefficient (Wildman–Crippen LogP) is 5.17. The van der Waals surface area contributed by atoms with Gasteiger partial charge in [-0.15, -0.1) is 5.10 Å². The number of aromatic nitrogens is 4. The van der Waals surface area contributed by atoms with Crippen LogP contribution in [0.15, 0.2) is 47.7 Å². The van der Waals surface area contributed by atoms with Gasteiger partial charge < -0.3 is 68.5 Å². The summed E-state index contributed by atoms with van der Waals surface area (Å²) in [5.74, 6) is 4.39. The monoisotopic (exact) mass is 1230 g/mol. The Morgan fingerprint density at radius 2 is 1.55 bits per heavy atom. The largest absolute Gasteiger partial charge is 0.495 e. The second-order valence-electron chi connectivity index (χ2n) is 18.0. The number of aliphatic hydroxyl groups is 1. The molecule has 0 aliphatic carbocycles. The fourth-order valence-corrected chi connectivity index (χ4v) is 7.28. The van der Waals surface area contributed by atoms with Crippen LogP contribution in [-0.2, 0) is 35.3 Å². The average Bonchev–Trinajstić information content (AvgIpc) is 2.01. The third kappa shape index (κ3) is 33.4. The second-order valence-corrected chi connectivity index (χ2v) is 18.6. The van der Waals surface area contributed by atoms with Crippen molar-refractivity contribution in [2.75, 3.05) is 63.0 Å². The van der Waals surface area contributed by atoms with Gasteiger partial charge in [-0.05, 0) is 83.0 Å². The number of hydrazine groups is 1. The number of nitrogens with zero attached hydrogens (tertiary/aromatic N) is 6. The van der Waals surface area contributed by atoms with Gasteiger partial charge in [-0.1, -0.05) is 87.5 Å². The number of nitrogen functional groups attached to an aromatic ring is 2. The van der Waals surface area contributed by atoms with Gasteiger partial charge in [0.1, 0.15) is 18.3 Å². The van der Waals surface area contributed by atoms with E-state index in [0.717, 1.165) is 32.7 Å². The average molecular weight is 1230 g/mol. The van der Waals surface area contributed by atoms with Crippen molar-refractivity contribution < 1.29 is 48.2 Å². The number of anilines is 4. The first-order chi connectivity index (χ1) is 41.3. The fraction of sp³-hybridized carbons (Fsp3) is 0.534. The zero-order valence-electron chi connectivity index (χ0n) is 52.7. The summed E-state index contributed by atoms with van der Waals surface area (Å²) >= 11 is 4.03. The molecule has 3 heterocycles. The molecule has 0 spiro atoms. The van der Waals surface area contributed by atoms with Crippen LogP contribution < -0.4 is 65.2 Å². The number of aldehydes is 2. The number of likely N-dealkylation sites (N-methyl/N-ethyl adjacent to an activating group) is 1. The highest BCUT2D eigenvalue weighted by atomic mass is 32.1. The summed E-state index contributed by atoms with van der Waals surface area (Å²) in [5.41, 5.74) is 22.3. The van der Waals surface area contributed by atoms with Crippen LogP contribution in [0.4, 0.5) is 23.1 Å². The van der Waals surface area contributed by atoms with Gasteiger partial charge in [0.25, 0.3) is 11.8 Å². The quantitative estimate of drug-likeness (QED) is 0.00535. The lowest BCUT2D eigenvalue weighted by Gasteiger charge is -2.16. The van der Waals surface area contributed by atoms with Gasteiger partial charge in [0.05, 0.1) is 54.6 Å². The molecule has 482 valence electrons. The number of unbranched alkanes of at least 4 members (excludes halogenated alkanes) is 5. The van der Waals surface area contributed by atoms with Gasteiger partial charge in [-0.25, -0.2) is 21.3 Å². The molecule has 27 nitrogen and oxygen atoms in total. The molecule has 5 rings (SSSR count). The first-order valence-corrected chi connectivity index (χ1v) is 29.3. The first kappa shape index (κ1) is 82.1. The normalized spacial score (nSPS) is 12.1. The van der Waals surface area contributed by atoms with Crippen LogP contribution >= 0.6 is 12.6 Å². The molecule has 2 atom stereocenters. The number of benzene rings is 2. The van der Waals surface area contributed by atoms with Gasteiger partial charge >= 0.3 is 0 Å². The number of rotatable bonds is 27. The molecule has 28 heteroatoms. The Morgan fingerprint density at radius 3 is 2.08 bits per heavy atom. The van der Waals surface area contributed by atoms with Crippen LogP contribution in [0.5, 0.6) is 5.75 Å². The maximum absolute atomic E-state index is 13.0. The molecular weight excluding hydrogens is 1130 g/mol. The number of likely N-dealkylation sites (tertiary alicyclic amines) is 1. The van der Waals surface area contributed by atoms with Gasteiger partial charge in [-0.2, -0.15) is 22.6 Å². The van der Waals surface area contributed by atoms with E-state index in [9.17, 15) is 38.4 Å². The molecule has 0 radical (unpaired) electrons. The van der Waals surface area contributed by atoms with E-state index < -0.39 is 23.1 Å². The van der Waals surface area contributed by atoms with E-state index in [1.807, 2.05) is 41.5 Å². The van der Waals surface area contributed by atoms with E-state index >= 15 is 0 Å². The number of hydrazone groups is 1. The van der Waals surface area contributed by atoms with Crippen molar-refractivity contribution in [1.82, 2.24) is 51.6 Å². The van der Waals surface area contributed by atoms with Gasteiger partial charge in [0.2, 0.25) is 30.1 Å². The van der Waals surface area contributed by atoms with Crippen molar-refractivity contribution in [3.8, 4) is 5.75 Å². The lowest BCUT2D eigenvalue weighted by molar-refractivity contribution is -0.138. The number of aliphatic hydroxyl groups excluding tert-OH is 1. The Labute approximate surface area is 513 Å². The van der Waals surface area contributed by atoms with Gasteiger partial charge in [-0.3, -0.25) is 33.7 Å². The molecule has 1 saturated heterocycles. The maximum atomic E-state index is 13.0. The molecule has 0 bridgehead atoms. The fourth-order valence-electron chi connectivity index (χ4n) is 6.98. The zero-order valence-corrected chi connectivity index (χ0v) is 53.6. The van der Waals surface area contributed by atoms with Crippen molar-refractivity contribution in [2.24, 2.45) is 16.7 Å². The van der Waals surface area contributed by atoms with Crippen LogP contribution in [-0.4, -0.2) is 143 Å². The lowest BCUT2D eigenvalue weighted by Crippen LogP contribution is -2.37. The molecule has 1 fully saturated rings. The number of amides is 6. The number of carbonyl (C=O) groups is 8. The molecule has 2 unspecified atom stereocenters. The topological polar surface area (TPSA) is 421 Å². The minimum Gasteiger partial charge on any atom is -0.495 e. The Hall–Kier alpha value is -8.08. The smallest absolute Gasteiger partial charge is 0.252 e. The number of nitrogens with one attached hydrogen (secondary N) is 7. The number of ether oxygens (including phenoxy) is 1. The number of hydrogen-bond donors (Lipinski definition) is 13. The number of hydrogen-bond acceptors (Lipinski definition) is 22. The van der Waals surface area contributed by atoms with Gasteiger partial charge in [0, 0.05) is 55.9 Å². The summed E-state index contributed by atoms with van der Waals surface area (Å²) < 4.78 is 5.47. The Kier molecular flexibility index (Phi) is 49.0. The van der Waals surface area contributed by atoms with E-state index in [1.165, 1.54) is 68.2 Å². The number of methoxy groups -OCH3 is 1. The molecule has 0 saturated carbocycles. The lowest BCUT2D eigenvalue weighted by atomic mass is 10.0. The summed E-state index contributed by atoms with van der Waals surface area (Å²) in [6, 6.07) is 8.65. The van der Waals surface area contributed by atoms with Crippen molar-refractivity contribution in [3.05, 3.63) is 65.0 Å². The third-order valence-electron chi connectivity index (χ3n) is 10.8. The molecule has 2 aromatic carbocycles. The SMILES string of the molecule is CC.CC.CCC.CCCCC.CNCC(=O)NC(C)C.CO.COc1cc(C(=O)NC(C=O)CCCNC(=O)c2ccc(NC=O)cc2/C(N)=N/NN)ccc1NCc1cnc2nc(N)nc(N)c2n1.O=CCCCCCN1C(=O)CC(S)C1=O. The molecular formula is C58H99N17O10S. The number of carbonyl (C=O) groups excluding carboxylic acids is 8. The Balaban J connectivity index is -0.00000147. The van der Waals surface area contributed by atoms with E-state index in [-0.39, 0.29) is 89.6 Å².